The zero-order valence-electron chi connectivity index (χ0n) is 14.8. The Balaban J connectivity index is 1.51. The molecule has 1 unspecified atom stereocenters. The van der Waals surface area contributed by atoms with Gasteiger partial charge in [-0.1, -0.05) is 6.07 Å². The number of rotatable bonds is 3. The molecule has 7 heteroatoms. The molecule has 0 radical (unpaired) electrons. The van der Waals surface area contributed by atoms with E-state index in [1.54, 1.807) is 4.90 Å². The second-order valence-electron chi connectivity index (χ2n) is 7.20. The lowest BCUT2D eigenvalue weighted by Gasteiger charge is -2.24. The van der Waals surface area contributed by atoms with Crippen LogP contribution in [0.5, 0.6) is 0 Å². The Bertz CT molecular complexity index is 745. The van der Waals surface area contributed by atoms with Gasteiger partial charge in [0.25, 0.3) is 0 Å². The van der Waals surface area contributed by atoms with Crippen molar-refractivity contribution >= 4 is 17.7 Å². The molecule has 1 saturated heterocycles. The third-order valence-electron chi connectivity index (χ3n) is 3.83. The van der Waals surface area contributed by atoms with Crippen LogP contribution >= 0.6 is 0 Å². The molecule has 3 rings (SSSR count). The molecule has 7 nitrogen and oxygen atoms in total. The summed E-state index contributed by atoms with van der Waals surface area (Å²) in [5.41, 5.74) is 0.926. The molecular formula is C18H23N3O4. The first-order valence-corrected chi connectivity index (χ1v) is 8.40. The highest BCUT2D eigenvalue weighted by Gasteiger charge is 2.31. The lowest BCUT2D eigenvalue weighted by Crippen LogP contribution is -2.36. The van der Waals surface area contributed by atoms with Gasteiger partial charge >= 0.3 is 12.1 Å². The summed E-state index contributed by atoms with van der Waals surface area (Å²) < 4.78 is 12.7. The fourth-order valence-electron chi connectivity index (χ4n) is 2.76. The average Bonchev–Trinajstić information content (AvgIpc) is 3.11. The number of ether oxygens (including phenoxy) is 2. The second kappa shape index (κ2) is 6.74. The molecule has 1 amide bonds. The quantitative estimate of drug-likeness (QED) is 0.799. The summed E-state index contributed by atoms with van der Waals surface area (Å²) in [5.74, 6) is -0.334. The van der Waals surface area contributed by atoms with Gasteiger partial charge in [0.15, 0.2) is 0 Å². The highest BCUT2D eigenvalue weighted by Crippen LogP contribution is 2.18. The monoisotopic (exact) mass is 345 g/mol. The highest BCUT2D eigenvalue weighted by molar-refractivity contribution is 5.73. The van der Waals surface area contributed by atoms with Crippen molar-refractivity contribution in [1.29, 1.82) is 0 Å². The Labute approximate surface area is 146 Å². The van der Waals surface area contributed by atoms with Gasteiger partial charge < -0.3 is 18.8 Å². The van der Waals surface area contributed by atoms with Crippen molar-refractivity contribution in [3.8, 4) is 0 Å². The first-order valence-electron chi connectivity index (χ1n) is 8.40. The minimum atomic E-state index is -0.533. The van der Waals surface area contributed by atoms with E-state index in [0.717, 1.165) is 5.65 Å². The summed E-state index contributed by atoms with van der Waals surface area (Å²) >= 11 is 0. The molecule has 2 aromatic heterocycles. The number of carbonyl (C=O) groups is 2. The van der Waals surface area contributed by atoms with Crippen LogP contribution in [-0.4, -0.2) is 51.1 Å². The normalized spacial score (nSPS) is 17.7. The fourth-order valence-corrected chi connectivity index (χ4v) is 2.76. The maximum Gasteiger partial charge on any atom is 0.410 e. The summed E-state index contributed by atoms with van der Waals surface area (Å²) in [7, 11) is 0. The molecule has 0 aliphatic carbocycles. The van der Waals surface area contributed by atoms with E-state index in [4.69, 9.17) is 9.47 Å². The Hall–Kier alpha value is -2.57. The van der Waals surface area contributed by atoms with Crippen molar-refractivity contribution < 1.29 is 19.1 Å². The maximum absolute atomic E-state index is 12.1. The summed E-state index contributed by atoms with van der Waals surface area (Å²) in [6.07, 6.45) is 3.77. The van der Waals surface area contributed by atoms with Crippen LogP contribution in [0.4, 0.5) is 4.79 Å². The number of carbonyl (C=O) groups excluding carboxylic acids is 2. The molecule has 1 aliphatic heterocycles. The van der Waals surface area contributed by atoms with Gasteiger partial charge in [-0.2, -0.15) is 0 Å². The van der Waals surface area contributed by atoms with Crippen LogP contribution in [0.3, 0.4) is 0 Å². The number of fused-ring (bicyclic) bond motifs is 1. The second-order valence-corrected chi connectivity index (χ2v) is 7.20. The van der Waals surface area contributed by atoms with E-state index in [-0.39, 0.29) is 24.6 Å². The van der Waals surface area contributed by atoms with Crippen molar-refractivity contribution in [2.24, 2.45) is 0 Å². The molecule has 2 aromatic rings. The number of hydrogen-bond acceptors (Lipinski definition) is 5. The number of pyridine rings is 1. The number of nitrogens with zero attached hydrogens (tertiary/aromatic N) is 3. The van der Waals surface area contributed by atoms with Crippen molar-refractivity contribution in [1.82, 2.24) is 14.3 Å². The van der Waals surface area contributed by atoms with Crippen molar-refractivity contribution in [3.05, 3.63) is 36.3 Å². The summed E-state index contributed by atoms with van der Waals surface area (Å²) in [5, 5.41) is 0. The van der Waals surface area contributed by atoms with Crippen molar-refractivity contribution in [3.63, 3.8) is 0 Å². The molecule has 134 valence electrons. The van der Waals surface area contributed by atoms with Gasteiger partial charge in [-0.25, -0.2) is 9.78 Å². The van der Waals surface area contributed by atoms with Crippen LogP contribution in [0.2, 0.25) is 0 Å². The minimum absolute atomic E-state index is 0.116. The van der Waals surface area contributed by atoms with Crippen LogP contribution in [-0.2, 0) is 20.7 Å². The van der Waals surface area contributed by atoms with Gasteiger partial charge in [0.2, 0.25) is 0 Å². The molecule has 0 saturated carbocycles. The Morgan fingerprint density at radius 2 is 2.12 bits per heavy atom. The Morgan fingerprint density at radius 1 is 1.32 bits per heavy atom. The predicted molar refractivity (Wildman–Crippen MR) is 91.2 cm³/mol. The number of imidazole rings is 1. The fraction of sp³-hybridized carbons (Fsp3) is 0.500. The van der Waals surface area contributed by atoms with Gasteiger partial charge in [0, 0.05) is 25.4 Å². The van der Waals surface area contributed by atoms with E-state index in [1.165, 1.54) is 0 Å². The molecule has 1 atom stereocenters. The molecule has 0 bridgehead atoms. The number of hydrogen-bond donors (Lipinski definition) is 0. The smallest absolute Gasteiger partial charge is 0.410 e. The van der Waals surface area contributed by atoms with E-state index in [1.807, 2.05) is 55.8 Å². The highest BCUT2D eigenvalue weighted by atomic mass is 16.6. The molecule has 3 heterocycles. The van der Waals surface area contributed by atoms with E-state index in [9.17, 15) is 9.59 Å². The van der Waals surface area contributed by atoms with Gasteiger partial charge in [-0.3, -0.25) is 4.79 Å². The largest absolute Gasteiger partial charge is 0.460 e. The predicted octanol–water partition coefficient (Wildman–Crippen LogP) is 2.43. The number of aromatic nitrogens is 2. The number of likely N-dealkylation sites (tertiary alicyclic amines) is 1. The van der Waals surface area contributed by atoms with Crippen LogP contribution in [0.25, 0.3) is 5.65 Å². The van der Waals surface area contributed by atoms with Gasteiger partial charge in [-0.15, -0.1) is 0 Å². The SMILES string of the molecule is CC(C)(C)OC(=O)N1CCC(OC(=O)Cc2cn3ccccc3n2)C1. The zero-order chi connectivity index (χ0) is 18.0. The summed E-state index contributed by atoms with van der Waals surface area (Å²) in [6.45, 7) is 6.38. The number of amides is 1. The molecule has 1 aliphatic rings. The molecule has 25 heavy (non-hydrogen) atoms. The third-order valence-corrected chi connectivity index (χ3v) is 3.83. The summed E-state index contributed by atoms with van der Waals surface area (Å²) in [6, 6.07) is 5.68. The van der Waals surface area contributed by atoms with Crippen molar-refractivity contribution in [2.45, 2.75) is 45.3 Å². The number of esters is 1. The van der Waals surface area contributed by atoms with Crippen LogP contribution in [0.1, 0.15) is 32.9 Å². The van der Waals surface area contributed by atoms with Gasteiger partial charge in [0.05, 0.1) is 18.7 Å². The lowest BCUT2D eigenvalue weighted by atomic mass is 10.2. The van der Waals surface area contributed by atoms with E-state index in [2.05, 4.69) is 4.98 Å². The van der Waals surface area contributed by atoms with Gasteiger partial charge in [0.1, 0.15) is 17.4 Å². The molecule has 1 fully saturated rings. The molecule has 0 aromatic carbocycles. The topological polar surface area (TPSA) is 73.1 Å². The summed E-state index contributed by atoms with van der Waals surface area (Å²) in [4.78, 5) is 30.1. The van der Waals surface area contributed by atoms with E-state index in [0.29, 0.717) is 25.2 Å². The molecule has 0 N–H and O–H groups in total. The minimum Gasteiger partial charge on any atom is -0.460 e. The van der Waals surface area contributed by atoms with Crippen LogP contribution < -0.4 is 0 Å². The van der Waals surface area contributed by atoms with E-state index < -0.39 is 5.60 Å². The maximum atomic E-state index is 12.1. The molecular weight excluding hydrogens is 322 g/mol. The Morgan fingerprint density at radius 3 is 2.84 bits per heavy atom. The van der Waals surface area contributed by atoms with Crippen LogP contribution in [0, 0.1) is 0 Å². The zero-order valence-corrected chi connectivity index (χ0v) is 14.8. The first-order chi connectivity index (χ1) is 11.8. The van der Waals surface area contributed by atoms with Crippen molar-refractivity contribution in [2.75, 3.05) is 13.1 Å². The van der Waals surface area contributed by atoms with E-state index >= 15 is 0 Å². The van der Waals surface area contributed by atoms with Crippen LogP contribution in [0.15, 0.2) is 30.6 Å². The third kappa shape index (κ3) is 4.49. The lowest BCUT2D eigenvalue weighted by molar-refractivity contribution is -0.147. The average molecular weight is 345 g/mol. The van der Waals surface area contributed by atoms with Gasteiger partial charge in [-0.05, 0) is 32.9 Å². The standard InChI is InChI=1S/C18H23N3O4/c1-18(2,3)25-17(23)21-9-7-14(12-21)24-16(22)10-13-11-20-8-5-4-6-15(20)19-13/h4-6,8,11,14H,7,9-10,12H2,1-3H3. The Kier molecular flexibility index (Phi) is 4.65. The first kappa shape index (κ1) is 17.3. The molecule has 0 spiro atoms.